The molecule has 0 saturated heterocycles. The first-order chi connectivity index (χ1) is 13.4. The molecule has 0 radical (unpaired) electrons. The third-order valence-corrected chi connectivity index (χ3v) is 4.26. The maximum Gasteiger partial charge on any atom is 0.308 e. The number of esters is 2. The molecule has 3 aromatic carbocycles. The number of benzene rings is 3. The third-order valence-electron chi connectivity index (χ3n) is 4.26. The van der Waals surface area contributed by atoms with E-state index in [2.05, 4.69) is 0 Å². The molecule has 0 unspecified atom stereocenters. The second-order valence-electron chi connectivity index (χ2n) is 6.31. The Kier molecular flexibility index (Phi) is 5.57. The van der Waals surface area contributed by atoms with Crippen molar-refractivity contribution >= 4 is 11.9 Å². The van der Waals surface area contributed by atoms with Crippen LogP contribution < -0.4 is 9.47 Å². The molecular formula is C23H20O5. The molecule has 0 aliphatic rings. The molecule has 0 aliphatic heterocycles. The number of carbonyl (C=O) groups is 2. The summed E-state index contributed by atoms with van der Waals surface area (Å²) >= 11 is 0. The van der Waals surface area contributed by atoms with Crippen LogP contribution in [0.25, 0.3) is 0 Å². The monoisotopic (exact) mass is 376 g/mol. The second-order valence-corrected chi connectivity index (χ2v) is 6.31. The molecular weight excluding hydrogens is 356 g/mol. The fourth-order valence-electron chi connectivity index (χ4n) is 3.04. The molecule has 5 heteroatoms. The van der Waals surface area contributed by atoms with E-state index < -0.39 is 17.5 Å². The van der Waals surface area contributed by atoms with Crippen molar-refractivity contribution in [3.8, 4) is 11.5 Å². The van der Waals surface area contributed by atoms with Crippen molar-refractivity contribution in [1.82, 2.24) is 0 Å². The first-order valence-corrected chi connectivity index (χ1v) is 8.75. The van der Waals surface area contributed by atoms with Crippen LogP contribution in [-0.4, -0.2) is 17.0 Å². The Morgan fingerprint density at radius 1 is 0.643 bits per heavy atom. The summed E-state index contributed by atoms with van der Waals surface area (Å²) in [5.41, 5.74) is 0.449. The van der Waals surface area contributed by atoms with E-state index in [0.717, 1.165) is 0 Å². The van der Waals surface area contributed by atoms with E-state index >= 15 is 0 Å². The van der Waals surface area contributed by atoms with Crippen LogP contribution >= 0.6 is 0 Å². The number of rotatable bonds is 5. The van der Waals surface area contributed by atoms with Gasteiger partial charge in [-0.3, -0.25) is 9.59 Å². The third kappa shape index (κ3) is 4.10. The van der Waals surface area contributed by atoms with Crippen molar-refractivity contribution < 1.29 is 24.2 Å². The highest BCUT2D eigenvalue weighted by atomic mass is 16.5. The fourth-order valence-corrected chi connectivity index (χ4v) is 3.04. The lowest BCUT2D eigenvalue weighted by molar-refractivity contribution is -0.132. The van der Waals surface area contributed by atoms with Gasteiger partial charge in [0.2, 0.25) is 0 Å². The number of carbonyl (C=O) groups excluding carboxylic acids is 2. The van der Waals surface area contributed by atoms with Crippen LogP contribution in [0.4, 0.5) is 0 Å². The molecule has 1 N–H and O–H groups in total. The second kappa shape index (κ2) is 8.06. The van der Waals surface area contributed by atoms with Gasteiger partial charge in [-0.1, -0.05) is 54.6 Å². The summed E-state index contributed by atoms with van der Waals surface area (Å²) in [7, 11) is 0. The van der Waals surface area contributed by atoms with Crippen molar-refractivity contribution in [2.24, 2.45) is 0 Å². The van der Waals surface area contributed by atoms with Gasteiger partial charge in [0.1, 0.15) is 17.1 Å². The van der Waals surface area contributed by atoms with E-state index in [1.165, 1.54) is 13.8 Å². The Bertz CT molecular complexity index is 901. The molecule has 0 aliphatic carbocycles. The van der Waals surface area contributed by atoms with Gasteiger partial charge in [-0.2, -0.15) is 0 Å². The number of hydrogen-bond donors (Lipinski definition) is 1. The first-order valence-electron chi connectivity index (χ1n) is 8.75. The lowest BCUT2D eigenvalue weighted by Gasteiger charge is -2.30. The van der Waals surface area contributed by atoms with Gasteiger partial charge in [-0.05, 0) is 41.0 Å². The van der Waals surface area contributed by atoms with Gasteiger partial charge in [0.05, 0.1) is 0 Å². The summed E-state index contributed by atoms with van der Waals surface area (Å²) in [6.07, 6.45) is 0. The molecule has 0 aromatic heterocycles. The summed E-state index contributed by atoms with van der Waals surface area (Å²) in [6.45, 7) is 2.66. The maximum absolute atomic E-state index is 11.8. The maximum atomic E-state index is 11.8. The Labute approximate surface area is 163 Å². The van der Waals surface area contributed by atoms with Crippen LogP contribution in [0.1, 0.15) is 30.5 Å². The Balaban J connectivity index is 2.06. The smallest absolute Gasteiger partial charge is 0.308 e. The molecule has 3 aromatic rings. The summed E-state index contributed by atoms with van der Waals surface area (Å²) < 4.78 is 10.2. The van der Waals surface area contributed by atoms with Gasteiger partial charge >= 0.3 is 11.9 Å². The lowest BCUT2D eigenvalue weighted by Crippen LogP contribution is -2.28. The zero-order valence-corrected chi connectivity index (χ0v) is 15.6. The number of ether oxygens (including phenoxy) is 2. The number of aliphatic hydroxyl groups is 1. The number of hydrogen-bond acceptors (Lipinski definition) is 5. The van der Waals surface area contributed by atoms with Crippen LogP contribution in [0.2, 0.25) is 0 Å². The van der Waals surface area contributed by atoms with Crippen LogP contribution in [-0.2, 0) is 15.2 Å². The Morgan fingerprint density at radius 3 is 1.36 bits per heavy atom. The predicted octanol–water partition coefficient (Wildman–Crippen LogP) is 3.82. The summed E-state index contributed by atoms with van der Waals surface area (Å²) in [5, 5.41) is 11.8. The zero-order chi connectivity index (χ0) is 20.1. The molecule has 0 amide bonds. The quantitative estimate of drug-likeness (QED) is 0.416. The van der Waals surface area contributed by atoms with E-state index in [0.29, 0.717) is 28.2 Å². The van der Waals surface area contributed by atoms with Crippen LogP contribution in [0.3, 0.4) is 0 Å². The van der Waals surface area contributed by atoms with Crippen LogP contribution in [0, 0.1) is 0 Å². The van der Waals surface area contributed by atoms with Crippen molar-refractivity contribution in [3.63, 3.8) is 0 Å². The van der Waals surface area contributed by atoms with E-state index in [9.17, 15) is 14.7 Å². The topological polar surface area (TPSA) is 72.8 Å². The van der Waals surface area contributed by atoms with Gasteiger partial charge in [0.15, 0.2) is 0 Å². The van der Waals surface area contributed by atoms with E-state index in [1.807, 2.05) is 30.3 Å². The molecule has 3 rings (SSSR count). The largest absolute Gasteiger partial charge is 0.427 e. The molecule has 0 heterocycles. The Hall–Kier alpha value is -3.44. The van der Waals surface area contributed by atoms with Crippen molar-refractivity contribution in [2.45, 2.75) is 19.4 Å². The molecule has 0 spiro atoms. The average Bonchev–Trinajstić information content (AvgIpc) is 2.68. The predicted molar refractivity (Wildman–Crippen MR) is 104 cm³/mol. The molecule has 0 bridgehead atoms. The van der Waals surface area contributed by atoms with Crippen molar-refractivity contribution in [1.29, 1.82) is 0 Å². The molecule has 28 heavy (non-hydrogen) atoms. The Morgan fingerprint density at radius 2 is 1.00 bits per heavy atom. The van der Waals surface area contributed by atoms with Gasteiger partial charge in [-0.15, -0.1) is 0 Å². The van der Waals surface area contributed by atoms with Crippen LogP contribution in [0.5, 0.6) is 11.5 Å². The highest BCUT2D eigenvalue weighted by molar-refractivity contribution is 5.69. The SMILES string of the molecule is CC(=O)Oc1ccc(C(O)(c2ccccc2)c2ccc(OC(C)=O)cc2)cc1. The van der Waals surface area contributed by atoms with Gasteiger partial charge < -0.3 is 14.6 Å². The molecule has 5 nitrogen and oxygen atoms in total. The summed E-state index contributed by atoms with van der Waals surface area (Å²) in [5.74, 6) is -0.0204. The highest BCUT2D eigenvalue weighted by Gasteiger charge is 2.33. The molecule has 0 atom stereocenters. The fraction of sp³-hybridized carbons (Fsp3) is 0.130. The van der Waals surface area contributed by atoms with E-state index in [-0.39, 0.29) is 0 Å². The van der Waals surface area contributed by atoms with Gasteiger partial charge in [0, 0.05) is 13.8 Å². The van der Waals surface area contributed by atoms with Crippen molar-refractivity contribution in [3.05, 3.63) is 95.6 Å². The molecule has 142 valence electrons. The van der Waals surface area contributed by atoms with Crippen molar-refractivity contribution in [2.75, 3.05) is 0 Å². The minimum Gasteiger partial charge on any atom is -0.427 e. The molecule has 0 saturated carbocycles. The van der Waals surface area contributed by atoms with E-state index in [1.54, 1.807) is 48.5 Å². The average molecular weight is 376 g/mol. The van der Waals surface area contributed by atoms with Crippen LogP contribution in [0.15, 0.2) is 78.9 Å². The lowest BCUT2D eigenvalue weighted by atomic mass is 9.80. The minimum atomic E-state index is -1.44. The standard InChI is InChI=1S/C23H20O5/c1-16(24)27-21-12-8-19(9-13-21)23(26,18-6-4-3-5-7-18)20-10-14-22(15-11-20)28-17(2)25/h3-15,26H,1-2H3. The summed E-state index contributed by atoms with van der Waals surface area (Å²) in [4.78, 5) is 22.3. The molecule has 0 fully saturated rings. The highest BCUT2D eigenvalue weighted by Crippen LogP contribution is 2.37. The van der Waals surface area contributed by atoms with Gasteiger partial charge in [-0.25, -0.2) is 0 Å². The summed E-state index contributed by atoms with van der Waals surface area (Å²) in [6, 6.07) is 22.6. The van der Waals surface area contributed by atoms with Gasteiger partial charge in [0.25, 0.3) is 0 Å². The first kappa shape index (κ1) is 19.3. The van der Waals surface area contributed by atoms with E-state index in [4.69, 9.17) is 9.47 Å². The zero-order valence-electron chi connectivity index (χ0n) is 15.6. The normalized spacial score (nSPS) is 11.0. The minimum absolute atomic E-state index is 0.400.